The van der Waals surface area contributed by atoms with Crippen LogP contribution in [0.3, 0.4) is 0 Å². The first-order chi connectivity index (χ1) is 7.75. The molecule has 1 amide bonds. The van der Waals surface area contributed by atoms with Gasteiger partial charge in [-0.15, -0.1) is 0 Å². The Bertz CT molecular complexity index is 414. The predicted molar refractivity (Wildman–Crippen MR) is 69.3 cm³/mol. The maximum atomic E-state index is 11.9. The molecule has 0 saturated heterocycles. The van der Waals surface area contributed by atoms with Crippen molar-refractivity contribution in [1.82, 2.24) is 0 Å². The van der Waals surface area contributed by atoms with Crippen LogP contribution in [-0.2, 0) is 4.79 Å². The third-order valence-electron chi connectivity index (χ3n) is 2.73. The zero-order valence-electron chi connectivity index (χ0n) is 8.95. The van der Waals surface area contributed by atoms with Gasteiger partial charge in [-0.3, -0.25) is 4.79 Å². The van der Waals surface area contributed by atoms with Crippen molar-refractivity contribution < 1.29 is 4.79 Å². The van der Waals surface area contributed by atoms with Crippen LogP contribution in [-0.4, -0.2) is 5.91 Å². The van der Waals surface area contributed by atoms with Gasteiger partial charge in [0.15, 0.2) is 0 Å². The van der Waals surface area contributed by atoms with E-state index in [1.165, 1.54) is 0 Å². The minimum Gasteiger partial charge on any atom is -0.326 e. The highest BCUT2D eigenvalue weighted by Gasteiger charge is 2.18. The van der Waals surface area contributed by atoms with E-state index in [0.717, 1.165) is 29.4 Å². The first kappa shape index (κ1) is 11.4. The molecule has 1 aliphatic carbocycles. The molecule has 0 spiro atoms. The Morgan fingerprint density at radius 3 is 2.94 bits per heavy atom. The van der Waals surface area contributed by atoms with Crippen LogP contribution in [0, 0.1) is 5.92 Å². The van der Waals surface area contributed by atoms with Gasteiger partial charge in [0.05, 0.1) is 0 Å². The van der Waals surface area contributed by atoms with Crippen molar-refractivity contribution in [3.05, 3.63) is 40.9 Å². The molecular formula is C13H14BrNO. The zero-order chi connectivity index (χ0) is 11.4. The van der Waals surface area contributed by atoms with E-state index in [-0.39, 0.29) is 11.8 Å². The Morgan fingerprint density at radius 1 is 1.38 bits per heavy atom. The van der Waals surface area contributed by atoms with E-state index in [2.05, 4.69) is 33.4 Å². The molecule has 1 aromatic rings. The van der Waals surface area contributed by atoms with Crippen LogP contribution in [0.4, 0.5) is 5.69 Å². The number of anilines is 1. The molecule has 16 heavy (non-hydrogen) atoms. The summed E-state index contributed by atoms with van der Waals surface area (Å²) in [6, 6.07) is 7.68. The van der Waals surface area contributed by atoms with Crippen molar-refractivity contribution >= 4 is 27.5 Å². The van der Waals surface area contributed by atoms with Gasteiger partial charge in [-0.05, 0) is 37.5 Å². The fourth-order valence-electron chi connectivity index (χ4n) is 1.84. The van der Waals surface area contributed by atoms with Crippen molar-refractivity contribution in [3.63, 3.8) is 0 Å². The summed E-state index contributed by atoms with van der Waals surface area (Å²) < 4.78 is 0.980. The summed E-state index contributed by atoms with van der Waals surface area (Å²) in [4.78, 5) is 11.9. The third-order valence-corrected chi connectivity index (χ3v) is 3.23. The highest BCUT2D eigenvalue weighted by molar-refractivity contribution is 9.10. The van der Waals surface area contributed by atoms with Gasteiger partial charge in [-0.2, -0.15) is 0 Å². The number of allylic oxidation sites excluding steroid dienone is 2. The van der Waals surface area contributed by atoms with E-state index in [1.54, 1.807) is 0 Å². The van der Waals surface area contributed by atoms with Gasteiger partial charge in [0, 0.05) is 16.1 Å². The molecule has 1 aromatic carbocycles. The Hall–Kier alpha value is -1.09. The lowest BCUT2D eigenvalue weighted by atomic mass is 9.93. The number of carbonyl (C=O) groups excluding carboxylic acids is 1. The van der Waals surface area contributed by atoms with Crippen LogP contribution in [0.2, 0.25) is 0 Å². The van der Waals surface area contributed by atoms with Crippen molar-refractivity contribution in [2.45, 2.75) is 19.3 Å². The average Bonchev–Trinajstić information content (AvgIpc) is 2.30. The van der Waals surface area contributed by atoms with E-state index in [0.29, 0.717) is 0 Å². The molecule has 1 unspecified atom stereocenters. The van der Waals surface area contributed by atoms with Crippen LogP contribution in [0.5, 0.6) is 0 Å². The number of hydrogen-bond acceptors (Lipinski definition) is 1. The molecule has 0 radical (unpaired) electrons. The van der Waals surface area contributed by atoms with Crippen molar-refractivity contribution in [3.8, 4) is 0 Å². The van der Waals surface area contributed by atoms with Gasteiger partial charge >= 0.3 is 0 Å². The number of nitrogens with one attached hydrogen (secondary N) is 1. The smallest absolute Gasteiger partial charge is 0.227 e. The SMILES string of the molecule is O=C(Nc1cccc(Br)c1)C1CC=CCC1. The summed E-state index contributed by atoms with van der Waals surface area (Å²) >= 11 is 3.39. The molecule has 0 aromatic heterocycles. The highest BCUT2D eigenvalue weighted by Crippen LogP contribution is 2.21. The van der Waals surface area contributed by atoms with Crippen molar-refractivity contribution in [2.75, 3.05) is 5.32 Å². The number of hydrogen-bond donors (Lipinski definition) is 1. The summed E-state index contributed by atoms with van der Waals surface area (Å²) in [6.07, 6.45) is 7.06. The Labute approximate surface area is 104 Å². The van der Waals surface area contributed by atoms with Gasteiger partial charge in [-0.1, -0.05) is 34.1 Å². The van der Waals surface area contributed by atoms with Crippen LogP contribution < -0.4 is 5.32 Å². The van der Waals surface area contributed by atoms with Gasteiger partial charge in [0.2, 0.25) is 5.91 Å². The van der Waals surface area contributed by atoms with Crippen molar-refractivity contribution in [1.29, 1.82) is 0 Å². The molecule has 0 aliphatic heterocycles. The number of amides is 1. The molecule has 2 rings (SSSR count). The minimum atomic E-state index is 0.127. The van der Waals surface area contributed by atoms with E-state index in [9.17, 15) is 4.79 Å². The largest absolute Gasteiger partial charge is 0.326 e. The monoisotopic (exact) mass is 279 g/mol. The first-order valence-electron chi connectivity index (χ1n) is 5.47. The van der Waals surface area contributed by atoms with Crippen molar-refractivity contribution in [2.24, 2.45) is 5.92 Å². The second-order valence-corrected chi connectivity index (χ2v) is 4.90. The van der Waals surface area contributed by atoms with E-state index < -0.39 is 0 Å². The second-order valence-electron chi connectivity index (χ2n) is 3.98. The quantitative estimate of drug-likeness (QED) is 0.821. The topological polar surface area (TPSA) is 29.1 Å². The maximum absolute atomic E-state index is 11.9. The normalized spacial score (nSPS) is 19.4. The molecule has 0 fully saturated rings. The molecule has 1 N–H and O–H groups in total. The number of carbonyl (C=O) groups is 1. The van der Waals surface area contributed by atoms with E-state index in [4.69, 9.17) is 0 Å². The highest BCUT2D eigenvalue weighted by atomic mass is 79.9. The molecule has 3 heteroatoms. The summed E-state index contributed by atoms with van der Waals surface area (Å²) in [5.41, 5.74) is 0.855. The van der Waals surface area contributed by atoms with Gasteiger partial charge < -0.3 is 5.32 Å². The molecule has 0 saturated carbocycles. The summed E-state index contributed by atoms with van der Waals surface area (Å²) in [6.45, 7) is 0. The van der Waals surface area contributed by atoms with Gasteiger partial charge in [0.1, 0.15) is 0 Å². The predicted octanol–water partition coefficient (Wildman–Crippen LogP) is 3.74. The Morgan fingerprint density at radius 2 is 2.25 bits per heavy atom. The summed E-state index contributed by atoms with van der Waals surface area (Å²) in [7, 11) is 0. The number of halogens is 1. The van der Waals surface area contributed by atoms with Gasteiger partial charge in [0.25, 0.3) is 0 Å². The third kappa shape index (κ3) is 2.95. The van der Waals surface area contributed by atoms with Crippen LogP contribution in [0.1, 0.15) is 19.3 Å². The second kappa shape index (κ2) is 5.30. The Kier molecular flexibility index (Phi) is 3.78. The molecule has 0 bridgehead atoms. The maximum Gasteiger partial charge on any atom is 0.227 e. The molecule has 0 heterocycles. The minimum absolute atomic E-state index is 0.127. The lowest BCUT2D eigenvalue weighted by molar-refractivity contribution is -0.120. The molecule has 84 valence electrons. The molecule has 1 aliphatic rings. The zero-order valence-corrected chi connectivity index (χ0v) is 10.5. The standard InChI is InChI=1S/C13H14BrNO/c14-11-7-4-8-12(9-11)15-13(16)10-5-2-1-3-6-10/h1-2,4,7-10H,3,5-6H2,(H,15,16). The van der Waals surface area contributed by atoms with Crippen LogP contribution in [0.15, 0.2) is 40.9 Å². The fourth-order valence-corrected chi connectivity index (χ4v) is 2.24. The number of benzene rings is 1. The van der Waals surface area contributed by atoms with Crippen LogP contribution >= 0.6 is 15.9 Å². The fraction of sp³-hybridized carbons (Fsp3) is 0.308. The van der Waals surface area contributed by atoms with E-state index in [1.807, 2.05) is 24.3 Å². The van der Waals surface area contributed by atoms with Crippen LogP contribution in [0.25, 0.3) is 0 Å². The summed E-state index contributed by atoms with van der Waals surface area (Å²) in [5.74, 6) is 0.256. The van der Waals surface area contributed by atoms with E-state index >= 15 is 0 Å². The first-order valence-corrected chi connectivity index (χ1v) is 6.26. The van der Waals surface area contributed by atoms with Gasteiger partial charge in [-0.25, -0.2) is 0 Å². The lowest BCUT2D eigenvalue weighted by Gasteiger charge is -2.17. The Balaban J connectivity index is 1.99. The molecule has 2 nitrogen and oxygen atoms in total. The lowest BCUT2D eigenvalue weighted by Crippen LogP contribution is -2.23. The summed E-state index contributed by atoms with van der Waals surface area (Å²) in [5, 5.41) is 2.95. The molecular weight excluding hydrogens is 266 g/mol. The number of rotatable bonds is 2. The molecule has 1 atom stereocenters. The average molecular weight is 280 g/mol.